The molecule has 2 aromatic rings. The Morgan fingerprint density at radius 1 is 0.957 bits per heavy atom. The van der Waals surface area contributed by atoms with Crippen LogP contribution in [0.2, 0.25) is 0 Å². The maximum absolute atomic E-state index is 4.72. The molecule has 0 spiro atoms. The van der Waals surface area contributed by atoms with Crippen molar-refractivity contribution in [2.75, 3.05) is 11.4 Å². The van der Waals surface area contributed by atoms with Crippen molar-refractivity contribution in [3.63, 3.8) is 0 Å². The van der Waals surface area contributed by atoms with Crippen molar-refractivity contribution in [3.05, 3.63) is 59.8 Å². The molecule has 2 aliphatic rings. The third-order valence-corrected chi connectivity index (χ3v) is 5.80. The minimum atomic E-state index is 0.665. The molecule has 3 atom stereocenters. The minimum Gasteiger partial charge on any atom is -0.353 e. The molecule has 2 heteroatoms. The monoisotopic (exact) mass is 306 g/mol. The molecule has 1 aromatic heterocycles. The molecular weight excluding hydrogens is 280 g/mol. The van der Waals surface area contributed by atoms with Crippen LogP contribution in [0.4, 0.5) is 5.82 Å². The molecule has 23 heavy (non-hydrogen) atoms. The summed E-state index contributed by atoms with van der Waals surface area (Å²) in [6.45, 7) is 3.25. The number of rotatable bonds is 2. The first-order chi connectivity index (χ1) is 11.3. The average molecular weight is 306 g/mol. The number of benzene rings is 1. The summed E-state index contributed by atoms with van der Waals surface area (Å²) in [5.41, 5.74) is 2.79. The predicted molar refractivity (Wildman–Crippen MR) is 95.9 cm³/mol. The van der Waals surface area contributed by atoms with E-state index in [1.54, 1.807) is 5.56 Å². The van der Waals surface area contributed by atoms with Gasteiger partial charge in [-0.25, -0.2) is 4.98 Å². The third kappa shape index (κ3) is 2.87. The van der Waals surface area contributed by atoms with Crippen LogP contribution < -0.4 is 4.90 Å². The van der Waals surface area contributed by atoms with Gasteiger partial charge in [0.05, 0.1) is 0 Å². The molecule has 1 aliphatic heterocycles. The number of piperidine rings is 1. The van der Waals surface area contributed by atoms with E-state index in [1.165, 1.54) is 43.5 Å². The van der Waals surface area contributed by atoms with Crippen molar-refractivity contribution in [1.29, 1.82) is 0 Å². The molecule has 0 unspecified atom stereocenters. The number of nitrogens with zero attached hydrogens (tertiary/aromatic N) is 2. The zero-order chi connectivity index (χ0) is 15.6. The summed E-state index contributed by atoms with van der Waals surface area (Å²) in [6, 6.07) is 16.3. The van der Waals surface area contributed by atoms with Crippen LogP contribution in [0.15, 0.2) is 48.7 Å². The fraction of sp³-hybridized carbons (Fsp3) is 0.476. The molecular formula is C21H26N2. The Labute approximate surface area is 139 Å². The molecule has 1 aliphatic carbocycles. The first-order valence-electron chi connectivity index (χ1n) is 9.07. The lowest BCUT2D eigenvalue weighted by Crippen LogP contribution is -2.50. The van der Waals surface area contributed by atoms with Gasteiger partial charge in [0, 0.05) is 18.8 Å². The molecule has 120 valence electrons. The first kappa shape index (κ1) is 14.7. The summed E-state index contributed by atoms with van der Waals surface area (Å²) in [6.07, 6.45) is 8.71. The molecule has 0 N–H and O–H groups in total. The van der Waals surface area contributed by atoms with Gasteiger partial charge in [-0.1, -0.05) is 49.2 Å². The molecule has 0 amide bonds. The largest absolute Gasteiger partial charge is 0.353 e. The smallest absolute Gasteiger partial charge is 0.128 e. The fourth-order valence-electron chi connectivity index (χ4n) is 4.68. The second-order valence-electron chi connectivity index (χ2n) is 7.21. The molecule has 1 saturated carbocycles. The number of anilines is 1. The number of aryl methyl sites for hydroxylation is 1. The van der Waals surface area contributed by atoms with Crippen molar-refractivity contribution in [2.24, 2.45) is 5.92 Å². The normalized spacial score (nSPS) is 27.5. The summed E-state index contributed by atoms with van der Waals surface area (Å²) in [4.78, 5) is 7.32. The highest BCUT2D eigenvalue weighted by Crippen LogP contribution is 2.44. The number of aromatic nitrogens is 1. The van der Waals surface area contributed by atoms with Crippen LogP contribution in [0.3, 0.4) is 0 Å². The lowest BCUT2D eigenvalue weighted by atomic mass is 9.69. The third-order valence-electron chi connectivity index (χ3n) is 5.80. The summed E-state index contributed by atoms with van der Waals surface area (Å²) < 4.78 is 0. The van der Waals surface area contributed by atoms with Gasteiger partial charge in [-0.3, -0.25) is 0 Å². The molecule has 0 bridgehead atoms. The van der Waals surface area contributed by atoms with Crippen LogP contribution >= 0.6 is 0 Å². The standard InChI is InChI=1S/C21H26N2/c1-16-11-12-21(22-15-16)23-14-13-18(17-7-3-2-4-8-17)19-9-5-6-10-20(19)23/h2-4,7-8,11-12,15,18-20H,5-6,9-10,13-14H2,1H3/t18-,19-,20-/m1/s1. The van der Waals surface area contributed by atoms with E-state index in [-0.39, 0.29) is 0 Å². The van der Waals surface area contributed by atoms with Gasteiger partial charge in [-0.05, 0) is 55.2 Å². The van der Waals surface area contributed by atoms with Crippen LogP contribution in [0.1, 0.15) is 49.1 Å². The van der Waals surface area contributed by atoms with Crippen molar-refractivity contribution in [2.45, 2.75) is 51.0 Å². The van der Waals surface area contributed by atoms with E-state index in [0.29, 0.717) is 6.04 Å². The Morgan fingerprint density at radius 3 is 2.57 bits per heavy atom. The summed E-state index contributed by atoms with van der Waals surface area (Å²) >= 11 is 0. The highest BCUT2D eigenvalue weighted by atomic mass is 15.2. The quantitative estimate of drug-likeness (QED) is 0.781. The van der Waals surface area contributed by atoms with Crippen LogP contribution in [0.5, 0.6) is 0 Å². The van der Waals surface area contributed by atoms with E-state index in [1.807, 2.05) is 6.20 Å². The highest BCUT2D eigenvalue weighted by Gasteiger charge is 2.40. The van der Waals surface area contributed by atoms with Crippen LogP contribution in [0, 0.1) is 12.8 Å². The first-order valence-corrected chi connectivity index (χ1v) is 9.07. The fourth-order valence-corrected chi connectivity index (χ4v) is 4.68. The zero-order valence-electron chi connectivity index (χ0n) is 14.0. The summed E-state index contributed by atoms with van der Waals surface area (Å²) in [7, 11) is 0. The SMILES string of the molecule is Cc1ccc(N2CC[C@H](c3ccccc3)[C@H]3CCCC[C@H]32)nc1. The van der Waals surface area contributed by atoms with Gasteiger partial charge in [0.1, 0.15) is 5.82 Å². The van der Waals surface area contributed by atoms with E-state index in [9.17, 15) is 0 Å². The molecule has 2 fully saturated rings. The van der Waals surface area contributed by atoms with Crippen molar-refractivity contribution >= 4 is 5.82 Å². The second-order valence-corrected chi connectivity index (χ2v) is 7.21. The zero-order valence-corrected chi connectivity index (χ0v) is 14.0. The topological polar surface area (TPSA) is 16.1 Å². The molecule has 1 saturated heterocycles. The lowest BCUT2D eigenvalue weighted by Gasteiger charge is -2.49. The van der Waals surface area contributed by atoms with E-state index < -0.39 is 0 Å². The van der Waals surface area contributed by atoms with Crippen molar-refractivity contribution < 1.29 is 0 Å². The van der Waals surface area contributed by atoms with Gasteiger partial charge in [0.15, 0.2) is 0 Å². The number of hydrogen-bond acceptors (Lipinski definition) is 2. The number of fused-ring (bicyclic) bond motifs is 1. The van der Waals surface area contributed by atoms with Crippen LogP contribution in [0.25, 0.3) is 0 Å². The van der Waals surface area contributed by atoms with E-state index in [2.05, 4.69) is 54.3 Å². The molecule has 2 heterocycles. The molecule has 2 nitrogen and oxygen atoms in total. The van der Waals surface area contributed by atoms with Gasteiger partial charge in [-0.15, -0.1) is 0 Å². The van der Waals surface area contributed by atoms with Crippen LogP contribution in [-0.2, 0) is 0 Å². The van der Waals surface area contributed by atoms with E-state index in [0.717, 1.165) is 18.4 Å². The van der Waals surface area contributed by atoms with E-state index in [4.69, 9.17) is 4.98 Å². The minimum absolute atomic E-state index is 0.665. The Balaban J connectivity index is 1.62. The summed E-state index contributed by atoms with van der Waals surface area (Å²) in [5, 5.41) is 0. The average Bonchev–Trinajstić information content (AvgIpc) is 2.62. The Kier molecular flexibility index (Phi) is 4.07. The molecule has 0 radical (unpaired) electrons. The highest BCUT2D eigenvalue weighted by molar-refractivity contribution is 5.42. The van der Waals surface area contributed by atoms with Gasteiger partial charge in [0.2, 0.25) is 0 Å². The van der Waals surface area contributed by atoms with Gasteiger partial charge in [-0.2, -0.15) is 0 Å². The second kappa shape index (κ2) is 6.35. The molecule has 1 aromatic carbocycles. The Bertz CT molecular complexity index is 635. The number of hydrogen-bond donors (Lipinski definition) is 0. The van der Waals surface area contributed by atoms with Crippen molar-refractivity contribution in [1.82, 2.24) is 4.98 Å². The van der Waals surface area contributed by atoms with Crippen molar-refractivity contribution in [3.8, 4) is 0 Å². The lowest BCUT2D eigenvalue weighted by molar-refractivity contribution is 0.211. The maximum Gasteiger partial charge on any atom is 0.128 e. The summed E-state index contributed by atoms with van der Waals surface area (Å²) in [5.74, 6) is 2.69. The Hall–Kier alpha value is -1.83. The number of pyridine rings is 1. The predicted octanol–water partition coefficient (Wildman–Crippen LogP) is 4.94. The van der Waals surface area contributed by atoms with E-state index >= 15 is 0 Å². The maximum atomic E-state index is 4.72. The van der Waals surface area contributed by atoms with Crippen LogP contribution in [-0.4, -0.2) is 17.6 Å². The van der Waals surface area contributed by atoms with Gasteiger partial charge < -0.3 is 4.90 Å². The van der Waals surface area contributed by atoms with Gasteiger partial charge in [0.25, 0.3) is 0 Å². The molecule has 4 rings (SSSR count). The Morgan fingerprint density at radius 2 is 1.78 bits per heavy atom. The van der Waals surface area contributed by atoms with Gasteiger partial charge >= 0.3 is 0 Å².